The van der Waals surface area contributed by atoms with Crippen LogP contribution in [0.3, 0.4) is 0 Å². The molecule has 1 aromatic heterocycles. The Bertz CT molecular complexity index is 750. The summed E-state index contributed by atoms with van der Waals surface area (Å²) in [7, 11) is -1.90. The Morgan fingerprint density at radius 3 is 2.89 bits per heavy atom. The largest absolute Gasteiger partial charge is 0.491 e. The zero-order valence-electron chi connectivity index (χ0n) is 10.3. The number of aromatic nitrogens is 2. The molecule has 3 rings (SSSR count). The second kappa shape index (κ2) is 3.99. The summed E-state index contributed by atoms with van der Waals surface area (Å²) < 4.78 is 32.0. The van der Waals surface area contributed by atoms with Crippen LogP contribution >= 0.6 is 0 Å². The quantitative estimate of drug-likeness (QED) is 0.820. The molecule has 0 radical (unpaired) electrons. The third kappa shape index (κ3) is 1.77. The highest BCUT2D eigenvalue weighted by molar-refractivity contribution is 7.91. The molecule has 0 bridgehead atoms. The average molecular weight is 279 g/mol. The maximum absolute atomic E-state index is 12.6. The van der Waals surface area contributed by atoms with Crippen molar-refractivity contribution in [1.82, 2.24) is 9.78 Å². The number of nitrogens with two attached hydrogens (primary N) is 1. The van der Waals surface area contributed by atoms with Crippen molar-refractivity contribution in [3.05, 3.63) is 30.1 Å². The predicted molar refractivity (Wildman–Crippen MR) is 68.7 cm³/mol. The van der Waals surface area contributed by atoms with Crippen LogP contribution in [-0.2, 0) is 23.3 Å². The Hall–Kier alpha value is -2.02. The summed E-state index contributed by atoms with van der Waals surface area (Å²) in [5, 5.41) is 3.90. The fourth-order valence-electron chi connectivity index (χ4n) is 2.21. The van der Waals surface area contributed by atoms with E-state index < -0.39 is 9.84 Å². The highest BCUT2D eigenvalue weighted by atomic mass is 32.2. The second-order valence-corrected chi connectivity index (χ2v) is 6.33. The van der Waals surface area contributed by atoms with Crippen molar-refractivity contribution >= 4 is 15.5 Å². The normalized spacial score (nSPS) is 14.2. The van der Waals surface area contributed by atoms with Crippen LogP contribution in [0.5, 0.6) is 5.75 Å². The van der Waals surface area contributed by atoms with Gasteiger partial charge in [0.25, 0.3) is 0 Å². The number of aryl methyl sites for hydroxylation is 1. The lowest BCUT2D eigenvalue weighted by atomic mass is 10.1. The number of sulfone groups is 1. The van der Waals surface area contributed by atoms with Gasteiger partial charge in [-0.25, -0.2) is 8.42 Å². The van der Waals surface area contributed by atoms with E-state index in [1.165, 1.54) is 23.1 Å². The predicted octanol–water partition coefficient (Wildman–Crippen LogP) is 0.770. The molecule has 0 spiro atoms. The zero-order valence-corrected chi connectivity index (χ0v) is 11.1. The molecular weight excluding hydrogens is 266 g/mol. The van der Waals surface area contributed by atoms with Crippen LogP contribution in [0.1, 0.15) is 5.56 Å². The van der Waals surface area contributed by atoms with Crippen molar-refractivity contribution in [2.45, 2.75) is 16.2 Å². The van der Waals surface area contributed by atoms with Gasteiger partial charge in [-0.15, -0.1) is 0 Å². The minimum atomic E-state index is -3.58. The van der Waals surface area contributed by atoms with Crippen LogP contribution in [0.15, 0.2) is 34.3 Å². The van der Waals surface area contributed by atoms with Crippen LogP contribution in [-0.4, -0.2) is 24.8 Å². The van der Waals surface area contributed by atoms with Gasteiger partial charge in [0.05, 0.1) is 23.4 Å². The van der Waals surface area contributed by atoms with Crippen molar-refractivity contribution in [2.24, 2.45) is 7.05 Å². The topological polar surface area (TPSA) is 87.2 Å². The number of nitrogens with zero attached hydrogens (tertiary/aromatic N) is 2. The summed E-state index contributed by atoms with van der Waals surface area (Å²) in [6, 6.07) is 3.10. The first-order valence-corrected chi connectivity index (χ1v) is 7.26. The van der Waals surface area contributed by atoms with Crippen molar-refractivity contribution < 1.29 is 13.2 Å². The number of fused-ring (bicyclic) bond motifs is 1. The monoisotopic (exact) mass is 279 g/mol. The van der Waals surface area contributed by atoms with E-state index in [0.29, 0.717) is 30.0 Å². The van der Waals surface area contributed by atoms with Crippen molar-refractivity contribution in [3.8, 4) is 5.75 Å². The molecule has 0 aliphatic carbocycles. The van der Waals surface area contributed by atoms with Crippen LogP contribution in [0.2, 0.25) is 0 Å². The Morgan fingerprint density at radius 1 is 1.42 bits per heavy atom. The molecule has 1 aliphatic heterocycles. The second-order valence-electron chi connectivity index (χ2n) is 4.41. The summed E-state index contributed by atoms with van der Waals surface area (Å²) in [6.45, 7) is 0.457. The van der Waals surface area contributed by atoms with Gasteiger partial charge in [-0.1, -0.05) is 0 Å². The van der Waals surface area contributed by atoms with Crippen LogP contribution < -0.4 is 10.5 Å². The fourth-order valence-corrected chi connectivity index (χ4v) is 3.70. The first-order valence-electron chi connectivity index (χ1n) is 5.78. The summed E-state index contributed by atoms with van der Waals surface area (Å²) in [6.07, 6.45) is 3.37. The van der Waals surface area contributed by atoms with E-state index in [2.05, 4.69) is 5.10 Å². The Labute approximate surface area is 110 Å². The van der Waals surface area contributed by atoms with Gasteiger partial charge < -0.3 is 10.5 Å². The zero-order chi connectivity index (χ0) is 13.6. The lowest BCUT2D eigenvalue weighted by Gasteiger charge is -2.09. The molecule has 0 amide bonds. The molecule has 1 aliphatic rings. The van der Waals surface area contributed by atoms with Gasteiger partial charge in [0, 0.05) is 25.2 Å². The maximum atomic E-state index is 12.6. The minimum absolute atomic E-state index is 0.175. The molecule has 1 aromatic carbocycles. The van der Waals surface area contributed by atoms with Gasteiger partial charge >= 0.3 is 0 Å². The molecule has 0 saturated carbocycles. The fraction of sp³-hybridized carbons (Fsp3) is 0.250. The molecule has 0 atom stereocenters. The first-order chi connectivity index (χ1) is 9.00. The molecule has 2 N–H and O–H groups in total. The maximum Gasteiger partial charge on any atom is 0.210 e. The van der Waals surface area contributed by atoms with Crippen LogP contribution in [0.25, 0.3) is 0 Å². The number of rotatable bonds is 2. The van der Waals surface area contributed by atoms with E-state index in [9.17, 15) is 8.42 Å². The lowest BCUT2D eigenvalue weighted by molar-refractivity contribution is 0.358. The summed E-state index contributed by atoms with van der Waals surface area (Å²) in [5.41, 5.74) is 6.92. The van der Waals surface area contributed by atoms with E-state index >= 15 is 0 Å². The summed E-state index contributed by atoms with van der Waals surface area (Å²) in [5.74, 6) is 0.491. The van der Waals surface area contributed by atoms with E-state index in [1.807, 2.05) is 0 Å². The number of nitrogen functional groups attached to an aromatic ring is 1. The molecule has 0 saturated heterocycles. The molecule has 0 fully saturated rings. The Balaban J connectivity index is 2.21. The SMILES string of the molecule is Cn1cc(S(=O)(=O)c2ccc(N)c3c2CCO3)cn1. The molecule has 6 nitrogen and oxygen atoms in total. The lowest BCUT2D eigenvalue weighted by Crippen LogP contribution is -2.05. The third-order valence-electron chi connectivity index (χ3n) is 3.13. The molecule has 2 aromatic rings. The Morgan fingerprint density at radius 2 is 2.21 bits per heavy atom. The molecule has 0 unspecified atom stereocenters. The van der Waals surface area contributed by atoms with Crippen molar-refractivity contribution in [3.63, 3.8) is 0 Å². The summed E-state index contributed by atoms with van der Waals surface area (Å²) >= 11 is 0. The molecule has 2 heterocycles. The van der Waals surface area contributed by atoms with Gasteiger partial charge in [-0.05, 0) is 12.1 Å². The van der Waals surface area contributed by atoms with Gasteiger partial charge in [0.15, 0.2) is 0 Å². The molecule has 19 heavy (non-hydrogen) atoms. The van der Waals surface area contributed by atoms with E-state index in [0.717, 1.165) is 0 Å². The number of benzene rings is 1. The smallest absolute Gasteiger partial charge is 0.210 e. The van der Waals surface area contributed by atoms with Crippen LogP contribution in [0.4, 0.5) is 5.69 Å². The van der Waals surface area contributed by atoms with Gasteiger partial charge in [-0.3, -0.25) is 4.68 Å². The van der Waals surface area contributed by atoms with Gasteiger partial charge in [0.1, 0.15) is 10.6 Å². The van der Waals surface area contributed by atoms with Gasteiger partial charge in [-0.2, -0.15) is 5.10 Å². The first kappa shape index (κ1) is 12.0. The Kier molecular flexibility index (Phi) is 2.53. The minimum Gasteiger partial charge on any atom is -0.491 e. The number of anilines is 1. The van der Waals surface area contributed by atoms with Crippen LogP contribution in [0, 0.1) is 0 Å². The van der Waals surface area contributed by atoms with E-state index in [-0.39, 0.29) is 9.79 Å². The summed E-state index contributed by atoms with van der Waals surface area (Å²) in [4.78, 5) is 0.427. The molecular formula is C12H13N3O3S. The third-order valence-corrected chi connectivity index (χ3v) is 4.92. The standard InChI is InChI=1S/C12H13N3O3S/c1-15-7-8(6-14-15)19(16,17)11-3-2-10(13)12-9(11)4-5-18-12/h2-3,6-7H,4-5,13H2,1H3. The highest BCUT2D eigenvalue weighted by Gasteiger charge is 2.28. The van der Waals surface area contributed by atoms with Crippen molar-refractivity contribution in [1.29, 1.82) is 0 Å². The molecule has 7 heteroatoms. The number of ether oxygens (including phenoxy) is 1. The average Bonchev–Trinajstić information content (AvgIpc) is 2.98. The van der Waals surface area contributed by atoms with Crippen molar-refractivity contribution in [2.75, 3.05) is 12.3 Å². The highest BCUT2D eigenvalue weighted by Crippen LogP contribution is 2.38. The van der Waals surface area contributed by atoms with E-state index in [4.69, 9.17) is 10.5 Å². The number of hydrogen-bond acceptors (Lipinski definition) is 5. The van der Waals surface area contributed by atoms with Gasteiger partial charge in [0.2, 0.25) is 9.84 Å². The van der Waals surface area contributed by atoms with E-state index in [1.54, 1.807) is 13.1 Å². The number of hydrogen-bond donors (Lipinski definition) is 1. The molecule has 100 valence electrons.